The molecule has 9 nitrogen and oxygen atoms in total. The Labute approximate surface area is 189 Å². The first-order valence-corrected chi connectivity index (χ1v) is 9.93. The molecule has 1 unspecified atom stereocenters. The summed E-state index contributed by atoms with van der Waals surface area (Å²) in [6, 6.07) is 13.3. The average Bonchev–Trinajstić information content (AvgIpc) is 3.37. The topological polar surface area (TPSA) is 133 Å². The SMILES string of the molecule is O=C(Nc1cc(C(=O)NC(C(=O)O)C(F)(F)F)[nH]n1)OCC1c2ccccc2-c2ccccc21. The quantitative estimate of drug-likeness (QED) is 0.432. The van der Waals surface area contributed by atoms with Crippen LogP contribution in [0.15, 0.2) is 54.6 Å². The van der Waals surface area contributed by atoms with E-state index in [-0.39, 0.29) is 18.3 Å². The van der Waals surface area contributed by atoms with Gasteiger partial charge in [-0.25, -0.2) is 9.59 Å². The second kappa shape index (κ2) is 8.89. The van der Waals surface area contributed by atoms with Crippen molar-refractivity contribution in [3.05, 3.63) is 71.4 Å². The van der Waals surface area contributed by atoms with E-state index in [9.17, 15) is 27.6 Å². The Morgan fingerprint density at radius 2 is 1.65 bits per heavy atom. The Balaban J connectivity index is 1.38. The van der Waals surface area contributed by atoms with Crippen molar-refractivity contribution in [1.29, 1.82) is 0 Å². The number of H-pyrrole nitrogens is 1. The number of alkyl halides is 3. The van der Waals surface area contributed by atoms with Crippen LogP contribution in [0.1, 0.15) is 27.5 Å². The van der Waals surface area contributed by atoms with Crippen LogP contribution in [0.4, 0.5) is 23.8 Å². The molecule has 0 radical (unpaired) electrons. The van der Waals surface area contributed by atoms with E-state index in [1.807, 2.05) is 48.5 Å². The third-order valence-corrected chi connectivity index (χ3v) is 5.25. The minimum absolute atomic E-state index is 0.0174. The van der Waals surface area contributed by atoms with Crippen LogP contribution in [0.25, 0.3) is 11.1 Å². The third kappa shape index (κ3) is 4.56. The lowest BCUT2D eigenvalue weighted by Gasteiger charge is -2.16. The molecule has 34 heavy (non-hydrogen) atoms. The maximum absolute atomic E-state index is 12.7. The second-order valence-corrected chi connectivity index (χ2v) is 7.40. The molecule has 1 atom stereocenters. The molecule has 0 saturated heterocycles. The first kappa shape index (κ1) is 22.8. The van der Waals surface area contributed by atoms with Crippen LogP contribution in [0.3, 0.4) is 0 Å². The van der Waals surface area contributed by atoms with Gasteiger partial charge in [-0.15, -0.1) is 0 Å². The molecule has 176 valence electrons. The van der Waals surface area contributed by atoms with E-state index in [0.29, 0.717) is 0 Å². The zero-order chi connectivity index (χ0) is 24.5. The van der Waals surface area contributed by atoms with Crippen molar-refractivity contribution < 1.29 is 37.4 Å². The van der Waals surface area contributed by atoms with Crippen LogP contribution in [0.5, 0.6) is 0 Å². The molecular formula is C22H17F3N4O5. The van der Waals surface area contributed by atoms with E-state index in [1.54, 1.807) is 0 Å². The first-order chi connectivity index (χ1) is 16.1. The number of hydrogen-bond donors (Lipinski definition) is 4. The molecule has 0 fully saturated rings. The number of rotatable bonds is 6. The Morgan fingerprint density at radius 3 is 2.21 bits per heavy atom. The Hall–Kier alpha value is -4.35. The minimum Gasteiger partial charge on any atom is -0.479 e. The van der Waals surface area contributed by atoms with Crippen LogP contribution < -0.4 is 10.6 Å². The number of carboxylic acids is 1. The summed E-state index contributed by atoms with van der Waals surface area (Å²) in [6.45, 7) is 0.0174. The molecule has 12 heteroatoms. The molecule has 0 spiro atoms. The number of nitrogens with one attached hydrogen (secondary N) is 3. The summed E-state index contributed by atoms with van der Waals surface area (Å²) >= 11 is 0. The zero-order valence-corrected chi connectivity index (χ0v) is 17.2. The molecule has 0 saturated carbocycles. The van der Waals surface area contributed by atoms with E-state index < -0.39 is 35.9 Å². The van der Waals surface area contributed by atoms with Gasteiger partial charge in [0.25, 0.3) is 5.91 Å². The van der Waals surface area contributed by atoms with Crippen LogP contribution in [-0.4, -0.2) is 52.1 Å². The fourth-order valence-electron chi connectivity index (χ4n) is 3.73. The summed E-state index contributed by atoms with van der Waals surface area (Å²) in [5.41, 5.74) is 3.63. The number of carbonyl (C=O) groups excluding carboxylic acids is 2. The number of hydrogen-bond acceptors (Lipinski definition) is 5. The normalized spacial score (nSPS) is 13.5. The van der Waals surface area contributed by atoms with Crippen molar-refractivity contribution in [2.75, 3.05) is 11.9 Å². The van der Waals surface area contributed by atoms with E-state index in [1.165, 1.54) is 5.32 Å². The van der Waals surface area contributed by atoms with Gasteiger partial charge in [0, 0.05) is 12.0 Å². The molecule has 0 aliphatic heterocycles. The molecule has 2 aromatic carbocycles. The highest BCUT2D eigenvalue weighted by atomic mass is 19.4. The van der Waals surface area contributed by atoms with Crippen molar-refractivity contribution in [1.82, 2.24) is 15.5 Å². The Morgan fingerprint density at radius 1 is 1.06 bits per heavy atom. The predicted octanol–water partition coefficient (Wildman–Crippen LogP) is 3.52. The summed E-state index contributed by atoms with van der Waals surface area (Å²) in [5.74, 6) is -4.01. The summed E-state index contributed by atoms with van der Waals surface area (Å²) in [7, 11) is 0. The standard InChI is InChI=1S/C22H17F3N4O5/c23-22(24,25)18(20(31)32)27-19(30)16-9-17(29-28-16)26-21(33)34-10-15-13-7-3-1-5-11(13)12-6-2-4-8-14(12)15/h1-9,15,18H,10H2,(H,27,30)(H,31,32)(H2,26,28,29,33). The number of nitrogens with zero attached hydrogens (tertiary/aromatic N) is 1. The smallest absolute Gasteiger partial charge is 0.419 e. The predicted molar refractivity (Wildman–Crippen MR) is 112 cm³/mol. The van der Waals surface area contributed by atoms with Crippen molar-refractivity contribution in [3.8, 4) is 11.1 Å². The molecule has 3 aromatic rings. The summed E-state index contributed by atoms with van der Waals surface area (Å²) in [6.07, 6.45) is -6.08. The van der Waals surface area contributed by atoms with E-state index in [4.69, 9.17) is 9.84 Å². The lowest BCUT2D eigenvalue weighted by atomic mass is 9.98. The number of halogens is 3. The highest BCUT2D eigenvalue weighted by Gasteiger charge is 2.46. The number of benzene rings is 2. The number of ether oxygens (including phenoxy) is 1. The first-order valence-electron chi connectivity index (χ1n) is 9.93. The molecular weight excluding hydrogens is 457 g/mol. The molecule has 0 bridgehead atoms. The van der Waals surface area contributed by atoms with Gasteiger partial charge in [0.1, 0.15) is 12.3 Å². The van der Waals surface area contributed by atoms with Gasteiger partial charge in [-0.2, -0.15) is 18.3 Å². The lowest BCUT2D eigenvalue weighted by Crippen LogP contribution is -2.50. The second-order valence-electron chi connectivity index (χ2n) is 7.40. The van der Waals surface area contributed by atoms with Gasteiger partial charge in [-0.05, 0) is 22.3 Å². The fraction of sp³-hybridized carbons (Fsp3) is 0.182. The maximum Gasteiger partial charge on any atom is 0.419 e. The van der Waals surface area contributed by atoms with E-state index in [2.05, 4.69) is 15.5 Å². The molecule has 1 aliphatic rings. The number of aromatic nitrogens is 2. The van der Waals surface area contributed by atoms with Gasteiger partial charge in [0.2, 0.25) is 6.04 Å². The van der Waals surface area contributed by atoms with Gasteiger partial charge >= 0.3 is 18.2 Å². The monoisotopic (exact) mass is 474 g/mol. The molecule has 4 rings (SSSR count). The summed E-state index contributed by atoms with van der Waals surface area (Å²) in [4.78, 5) is 35.0. The Kier molecular flexibility index (Phi) is 5.97. The number of carbonyl (C=O) groups is 3. The zero-order valence-electron chi connectivity index (χ0n) is 17.2. The highest BCUT2D eigenvalue weighted by molar-refractivity contribution is 5.96. The largest absolute Gasteiger partial charge is 0.479 e. The van der Waals surface area contributed by atoms with Gasteiger partial charge in [-0.3, -0.25) is 15.2 Å². The van der Waals surface area contributed by atoms with Gasteiger partial charge in [0.05, 0.1) is 0 Å². The number of anilines is 1. The molecule has 1 aliphatic carbocycles. The fourth-order valence-corrected chi connectivity index (χ4v) is 3.73. The van der Waals surface area contributed by atoms with E-state index in [0.717, 1.165) is 28.3 Å². The molecule has 1 aromatic heterocycles. The van der Waals surface area contributed by atoms with Crippen LogP contribution in [0.2, 0.25) is 0 Å². The summed E-state index contributed by atoms with van der Waals surface area (Å²) in [5, 5.41) is 18.0. The number of aromatic amines is 1. The van der Waals surface area contributed by atoms with Gasteiger partial charge in [-0.1, -0.05) is 48.5 Å². The molecule has 2 amide bonds. The minimum atomic E-state index is -5.19. The lowest BCUT2D eigenvalue weighted by molar-refractivity contribution is -0.178. The van der Waals surface area contributed by atoms with Crippen LogP contribution in [0, 0.1) is 0 Å². The number of amides is 2. The number of carboxylic acid groups (broad SMARTS) is 1. The molecule has 4 N–H and O–H groups in total. The van der Waals surface area contributed by atoms with Gasteiger partial charge < -0.3 is 15.2 Å². The highest BCUT2D eigenvalue weighted by Crippen LogP contribution is 2.44. The van der Waals surface area contributed by atoms with Crippen LogP contribution >= 0.6 is 0 Å². The number of fused-ring (bicyclic) bond motifs is 3. The maximum atomic E-state index is 12.7. The van der Waals surface area contributed by atoms with Crippen molar-refractivity contribution in [3.63, 3.8) is 0 Å². The third-order valence-electron chi connectivity index (χ3n) is 5.25. The number of aliphatic carboxylic acids is 1. The van der Waals surface area contributed by atoms with Gasteiger partial charge in [0.15, 0.2) is 5.82 Å². The summed E-state index contributed by atoms with van der Waals surface area (Å²) < 4.78 is 43.5. The van der Waals surface area contributed by atoms with Crippen molar-refractivity contribution in [2.24, 2.45) is 0 Å². The van der Waals surface area contributed by atoms with Crippen molar-refractivity contribution >= 4 is 23.8 Å². The average molecular weight is 474 g/mol. The molecule has 1 heterocycles. The van der Waals surface area contributed by atoms with Crippen molar-refractivity contribution in [2.45, 2.75) is 18.1 Å². The van der Waals surface area contributed by atoms with Crippen LogP contribution in [-0.2, 0) is 9.53 Å². The van der Waals surface area contributed by atoms with E-state index >= 15 is 0 Å². The Bertz CT molecular complexity index is 1210.